The fourth-order valence-electron chi connectivity index (χ4n) is 1.25. The van der Waals surface area contributed by atoms with Crippen LogP contribution < -0.4 is 10.1 Å². The van der Waals surface area contributed by atoms with Crippen molar-refractivity contribution < 1.29 is 9.13 Å². The number of ether oxygens (including phenoxy) is 1. The monoisotopic (exact) mass is 375 g/mol. The van der Waals surface area contributed by atoms with E-state index in [1.165, 1.54) is 12.4 Å². The first-order chi connectivity index (χ1) is 8.61. The van der Waals surface area contributed by atoms with Crippen LogP contribution in [-0.2, 0) is 0 Å². The highest BCUT2D eigenvalue weighted by Crippen LogP contribution is 2.32. The van der Waals surface area contributed by atoms with Crippen molar-refractivity contribution in [3.8, 4) is 11.6 Å². The summed E-state index contributed by atoms with van der Waals surface area (Å²) in [6, 6.07) is 4.48. The van der Waals surface area contributed by atoms with Gasteiger partial charge in [-0.05, 0) is 44.0 Å². The highest BCUT2D eigenvalue weighted by Gasteiger charge is 2.10. The molecular weight excluding hydrogens is 369 g/mol. The van der Waals surface area contributed by atoms with Crippen molar-refractivity contribution in [1.29, 1.82) is 0 Å². The zero-order valence-corrected chi connectivity index (χ0v) is 12.4. The molecule has 1 heterocycles. The Morgan fingerprint density at radius 2 is 2.06 bits per heavy atom. The van der Waals surface area contributed by atoms with Crippen LogP contribution in [0.15, 0.2) is 33.5 Å². The lowest BCUT2D eigenvalue weighted by atomic mass is 10.3. The normalized spacial score (nSPS) is 10.2. The van der Waals surface area contributed by atoms with Crippen molar-refractivity contribution in [1.82, 2.24) is 9.97 Å². The van der Waals surface area contributed by atoms with Gasteiger partial charge < -0.3 is 10.1 Å². The third kappa shape index (κ3) is 2.78. The highest BCUT2D eigenvalue weighted by molar-refractivity contribution is 9.11. The first-order valence-electron chi connectivity index (χ1n) is 4.93. The maximum absolute atomic E-state index is 13.3. The average Bonchev–Trinajstić information content (AvgIpc) is 2.36. The molecule has 0 spiro atoms. The van der Waals surface area contributed by atoms with Gasteiger partial charge in [0.1, 0.15) is 28.2 Å². The zero-order valence-electron chi connectivity index (χ0n) is 9.25. The molecule has 0 fully saturated rings. The second kappa shape index (κ2) is 5.62. The quantitative estimate of drug-likeness (QED) is 0.880. The lowest BCUT2D eigenvalue weighted by Gasteiger charge is -2.09. The Kier molecular flexibility index (Phi) is 4.13. The molecule has 4 nitrogen and oxygen atoms in total. The highest BCUT2D eigenvalue weighted by atomic mass is 79.9. The maximum atomic E-state index is 13.3. The van der Waals surface area contributed by atoms with Gasteiger partial charge in [0, 0.05) is 13.1 Å². The second-order valence-electron chi connectivity index (χ2n) is 3.27. The Hall–Kier alpha value is -1.21. The summed E-state index contributed by atoms with van der Waals surface area (Å²) in [5.41, 5.74) is 0. The molecule has 0 atom stereocenters. The van der Waals surface area contributed by atoms with E-state index in [0.717, 1.165) is 0 Å². The molecule has 0 saturated carbocycles. The molecule has 0 aliphatic carbocycles. The summed E-state index contributed by atoms with van der Waals surface area (Å²) in [6.07, 6.45) is 1.36. The summed E-state index contributed by atoms with van der Waals surface area (Å²) >= 11 is 6.39. The van der Waals surface area contributed by atoms with E-state index in [1.807, 2.05) is 0 Å². The summed E-state index contributed by atoms with van der Waals surface area (Å²) in [5, 5.41) is 2.88. The van der Waals surface area contributed by atoms with Gasteiger partial charge in [-0.15, -0.1) is 0 Å². The fraction of sp³-hybridized carbons (Fsp3) is 0.0909. The molecule has 0 radical (unpaired) electrons. The smallest absolute Gasteiger partial charge is 0.238 e. The minimum Gasteiger partial charge on any atom is -0.438 e. The SMILES string of the molecule is CNc1ncnc(Oc2ccc(Br)c(F)c2)c1Br. The molecule has 0 bridgehead atoms. The van der Waals surface area contributed by atoms with Gasteiger partial charge in [0.2, 0.25) is 5.88 Å². The van der Waals surface area contributed by atoms with E-state index in [9.17, 15) is 4.39 Å². The van der Waals surface area contributed by atoms with E-state index in [4.69, 9.17) is 4.74 Å². The van der Waals surface area contributed by atoms with Gasteiger partial charge in [-0.1, -0.05) is 0 Å². The lowest BCUT2D eigenvalue weighted by molar-refractivity contribution is 0.453. The molecule has 2 aromatic rings. The molecule has 18 heavy (non-hydrogen) atoms. The van der Waals surface area contributed by atoms with Crippen LogP contribution in [0.1, 0.15) is 0 Å². The Morgan fingerprint density at radius 1 is 1.28 bits per heavy atom. The molecule has 0 amide bonds. The first kappa shape index (κ1) is 13.2. The Balaban J connectivity index is 2.31. The number of nitrogens with one attached hydrogen (secondary N) is 1. The predicted octanol–water partition coefficient (Wildman–Crippen LogP) is 3.97. The largest absolute Gasteiger partial charge is 0.438 e. The number of halogens is 3. The molecule has 2 rings (SSSR count). The molecule has 1 aromatic heterocycles. The number of benzene rings is 1. The predicted molar refractivity (Wildman–Crippen MR) is 73.5 cm³/mol. The Bertz CT molecular complexity index is 580. The molecule has 0 aliphatic heterocycles. The zero-order chi connectivity index (χ0) is 13.1. The molecule has 7 heteroatoms. The van der Waals surface area contributed by atoms with Crippen molar-refractivity contribution in [2.24, 2.45) is 0 Å². The minimum atomic E-state index is -0.397. The topological polar surface area (TPSA) is 47.0 Å². The molecule has 0 aliphatic rings. The van der Waals surface area contributed by atoms with E-state index in [2.05, 4.69) is 47.1 Å². The summed E-state index contributed by atoms with van der Waals surface area (Å²) in [6.45, 7) is 0. The summed E-state index contributed by atoms with van der Waals surface area (Å²) < 4.78 is 19.8. The Labute approximate surface area is 120 Å². The third-order valence-electron chi connectivity index (χ3n) is 2.10. The summed E-state index contributed by atoms with van der Waals surface area (Å²) in [5.74, 6) is 0.873. The van der Waals surface area contributed by atoms with Gasteiger partial charge in [-0.2, -0.15) is 0 Å². The van der Waals surface area contributed by atoms with Crippen LogP contribution in [0.2, 0.25) is 0 Å². The van der Waals surface area contributed by atoms with Gasteiger partial charge in [-0.25, -0.2) is 14.4 Å². The standard InChI is InChI=1S/C11H8Br2FN3O/c1-15-10-9(13)11(17-5-16-10)18-6-2-3-7(12)8(14)4-6/h2-5H,1H3,(H,15,16,17). The van der Waals surface area contributed by atoms with Gasteiger partial charge in [0.25, 0.3) is 0 Å². The van der Waals surface area contributed by atoms with E-state index in [0.29, 0.717) is 26.4 Å². The van der Waals surface area contributed by atoms with E-state index in [1.54, 1.807) is 19.2 Å². The number of hydrogen-bond donors (Lipinski definition) is 1. The van der Waals surface area contributed by atoms with Crippen LogP contribution in [-0.4, -0.2) is 17.0 Å². The van der Waals surface area contributed by atoms with Crippen LogP contribution in [0.25, 0.3) is 0 Å². The number of aromatic nitrogens is 2. The van der Waals surface area contributed by atoms with Crippen molar-refractivity contribution in [3.63, 3.8) is 0 Å². The molecule has 1 N–H and O–H groups in total. The van der Waals surface area contributed by atoms with Crippen LogP contribution in [0.3, 0.4) is 0 Å². The molecule has 94 valence electrons. The van der Waals surface area contributed by atoms with Crippen molar-refractivity contribution in [3.05, 3.63) is 39.3 Å². The number of rotatable bonds is 3. The van der Waals surface area contributed by atoms with Crippen molar-refractivity contribution >= 4 is 37.7 Å². The van der Waals surface area contributed by atoms with Crippen LogP contribution in [0.4, 0.5) is 10.2 Å². The molecule has 1 aromatic carbocycles. The number of hydrogen-bond acceptors (Lipinski definition) is 4. The van der Waals surface area contributed by atoms with Gasteiger partial charge in [0.15, 0.2) is 0 Å². The van der Waals surface area contributed by atoms with Gasteiger partial charge in [-0.3, -0.25) is 0 Å². The van der Waals surface area contributed by atoms with E-state index in [-0.39, 0.29) is 0 Å². The number of anilines is 1. The average molecular weight is 377 g/mol. The van der Waals surface area contributed by atoms with E-state index >= 15 is 0 Å². The molecular formula is C11H8Br2FN3O. The molecule has 0 unspecified atom stereocenters. The summed E-state index contributed by atoms with van der Waals surface area (Å²) in [4.78, 5) is 7.98. The van der Waals surface area contributed by atoms with Crippen molar-refractivity contribution in [2.75, 3.05) is 12.4 Å². The first-order valence-corrected chi connectivity index (χ1v) is 6.51. The molecule has 0 saturated heterocycles. The third-order valence-corrected chi connectivity index (χ3v) is 3.46. The van der Waals surface area contributed by atoms with Crippen LogP contribution >= 0.6 is 31.9 Å². The lowest BCUT2D eigenvalue weighted by Crippen LogP contribution is -1.97. The number of nitrogens with zero attached hydrogens (tertiary/aromatic N) is 2. The van der Waals surface area contributed by atoms with Crippen LogP contribution in [0, 0.1) is 5.82 Å². The maximum Gasteiger partial charge on any atom is 0.238 e. The Morgan fingerprint density at radius 3 is 2.72 bits per heavy atom. The summed E-state index contributed by atoms with van der Waals surface area (Å²) in [7, 11) is 1.73. The fourth-order valence-corrected chi connectivity index (χ4v) is 1.98. The van der Waals surface area contributed by atoms with Crippen LogP contribution in [0.5, 0.6) is 11.6 Å². The minimum absolute atomic E-state index is 0.316. The second-order valence-corrected chi connectivity index (χ2v) is 4.92. The van der Waals surface area contributed by atoms with Gasteiger partial charge in [0.05, 0.1) is 4.47 Å². The van der Waals surface area contributed by atoms with Crippen molar-refractivity contribution in [2.45, 2.75) is 0 Å². The van der Waals surface area contributed by atoms with Gasteiger partial charge >= 0.3 is 0 Å². The van der Waals surface area contributed by atoms with E-state index < -0.39 is 5.82 Å².